The van der Waals surface area contributed by atoms with Crippen LogP contribution in [0.2, 0.25) is 0 Å². The maximum Gasteiger partial charge on any atom is 0.189 e. The second-order valence-corrected chi connectivity index (χ2v) is 13.0. The van der Waals surface area contributed by atoms with E-state index >= 15 is 4.39 Å². The molecule has 6 heteroatoms. The highest BCUT2D eigenvalue weighted by Crippen LogP contribution is 2.54. The molecule has 1 unspecified atom stereocenters. The van der Waals surface area contributed by atoms with Gasteiger partial charge in [0.2, 0.25) is 0 Å². The van der Waals surface area contributed by atoms with Gasteiger partial charge in [-0.3, -0.25) is 4.90 Å². The minimum atomic E-state index is -0.273. The van der Waals surface area contributed by atoms with E-state index in [0.29, 0.717) is 40.6 Å². The second kappa shape index (κ2) is 10.5. The highest BCUT2D eigenvalue weighted by atomic mass is 19.1. The van der Waals surface area contributed by atoms with Crippen LogP contribution in [0, 0.1) is 18.2 Å². The molecule has 3 aliphatic rings. The number of H-pyrrole nitrogens is 1. The topological polar surface area (TPSA) is 44.4 Å². The van der Waals surface area contributed by atoms with E-state index in [9.17, 15) is 0 Å². The van der Waals surface area contributed by atoms with E-state index in [1.54, 1.807) is 11.8 Å². The van der Waals surface area contributed by atoms with E-state index in [1.807, 2.05) is 37.4 Å². The number of aromatic amines is 1. The number of nitrogens with one attached hydrogen (secondary N) is 1. The fraction of sp³-hybridized carbons (Fsp3) is 0.457. The summed E-state index contributed by atoms with van der Waals surface area (Å²) >= 11 is 0. The quantitative estimate of drug-likeness (QED) is 0.260. The predicted octanol–water partition coefficient (Wildman–Crippen LogP) is 8.51. The molecule has 4 aromatic rings. The van der Waals surface area contributed by atoms with Crippen LogP contribution in [0.5, 0.6) is 11.5 Å². The van der Waals surface area contributed by atoms with Gasteiger partial charge in [0.1, 0.15) is 11.4 Å². The van der Waals surface area contributed by atoms with Crippen molar-refractivity contribution in [1.82, 2.24) is 14.9 Å². The van der Waals surface area contributed by atoms with Crippen molar-refractivity contribution in [2.24, 2.45) is 5.41 Å². The number of hydrogen-bond acceptors (Lipinski definition) is 4. The first kappa shape index (κ1) is 26.5. The first-order chi connectivity index (χ1) is 19.9. The molecule has 2 saturated heterocycles. The molecule has 0 amide bonds. The number of aromatic nitrogens is 2. The molecule has 41 heavy (non-hydrogen) atoms. The lowest BCUT2D eigenvalue weighted by Crippen LogP contribution is -2.55. The molecule has 0 bridgehead atoms. The smallest absolute Gasteiger partial charge is 0.189 e. The molecule has 7 rings (SSSR count). The molecule has 2 aromatic carbocycles. The Bertz CT molecular complexity index is 1550. The number of ether oxygens (including phenoxy) is 1. The van der Waals surface area contributed by atoms with Crippen LogP contribution in [0.3, 0.4) is 0 Å². The number of likely N-dealkylation sites (tertiary alicyclic amines) is 1. The van der Waals surface area contributed by atoms with Gasteiger partial charge >= 0.3 is 0 Å². The number of fused-ring (bicyclic) bond motifs is 1. The zero-order valence-corrected chi connectivity index (χ0v) is 24.5. The summed E-state index contributed by atoms with van der Waals surface area (Å²) < 4.78 is 22.0. The highest BCUT2D eigenvalue weighted by Gasteiger charge is 2.50. The summed E-state index contributed by atoms with van der Waals surface area (Å²) in [6.07, 6.45) is 10.9. The van der Waals surface area contributed by atoms with E-state index in [0.717, 1.165) is 42.5 Å². The number of aryl methyl sites for hydroxylation is 1. The Labute approximate surface area is 242 Å². The monoisotopic (exact) mass is 552 g/mol. The van der Waals surface area contributed by atoms with Crippen LogP contribution >= 0.6 is 0 Å². The number of halogens is 1. The SMILES string of the molecule is Cc1ccc(N2CCC3(CC2)CC(N2CCCC2c2ccccc2C(C)C)C3)c(F)c1Oc1cnc2[nH]ccc2c1. The lowest BCUT2D eigenvalue weighted by molar-refractivity contribution is -0.0228. The van der Waals surface area contributed by atoms with Crippen molar-refractivity contribution in [3.05, 3.63) is 83.4 Å². The van der Waals surface area contributed by atoms with Crippen LogP contribution in [0.4, 0.5) is 10.1 Å². The van der Waals surface area contributed by atoms with E-state index < -0.39 is 0 Å². The number of anilines is 1. The Morgan fingerprint density at radius 1 is 1.05 bits per heavy atom. The molecule has 1 N–H and O–H groups in total. The number of nitrogens with zero attached hydrogens (tertiary/aromatic N) is 3. The third-order valence-corrected chi connectivity index (χ3v) is 10.1. The zero-order chi connectivity index (χ0) is 28.1. The first-order valence-corrected chi connectivity index (χ1v) is 15.4. The Morgan fingerprint density at radius 2 is 1.85 bits per heavy atom. The first-order valence-electron chi connectivity index (χ1n) is 15.4. The molecule has 0 radical (unpaired) electrons. The second-order valence-electron chi connectivity index (χ2n) is 13.0. The molecule has 1 spiro atoms. The van der Waals surface area contributed by atoms with Gasteiger partial charge < -0.3 is 14.6 Å². The Hall–Kier alpha value is -3.38. The van der Waals surface area contributed by atoms with Gasteiger partial charge in [-0.2, -0.15) is 0 Å². The predicted molar refractivity (Wildman–Crippen MR) is 163 cm³/mol. The average Bonchev–Trinajstić information content (AvgIpc) is 3.64. The number of hydrogen-bond donors (Lipinski definition) is 1. The van der Waals surface area contributed by atoms with E-state index in [2.05, 4.69) is 57.9 Å². The van der Waals surface area contributed by atoms with Crippen LogP contribution in [0.15, 0.2) is 60.9 Å². The summed E-state index contributed by atoms with van der Waals surface area (Å²) in [5.74, 6) is 1.12. The Morgan fingerprint density at radius 3 is 2.66 bits per heavy atom. The summed E-state index contributed by atoms with van der Waals surface area (Å²) in [7, 11) is 0. The molecule has 214 valence electrons. The van der Waals surface area contributed by atoms with Crippen molar-refractivity contribution in [1.29, 1.82) is 0 Å². The fourth-order valence-corrected chi connectivity index (χ4v) is 7.81. The molecule has 1 aliphatic carbocycles. The summed E-state index contributed by atoms with van der Waals surface area (Å²) in [4.78, 5) is 12.5. The molecule has 2 aromatic heterocycles. The highest BCUT2D eigenvalue weighted by molar-refractivity contribution is 5.76. The molecule has 1 atom stereocenters. The van der Waals surface area contributed by atoms with E-state index in [-0.39, 0.29) is 5.82 Å². The molecule has 2 aliphatic heterocycles. The van der Waals surface area contributed by atoms with Crippen molar-refractivity contribution in [2.45, 2.75) is 77.3 Å². The van der Waals surface area contributed by atoms with Gasteiger partial charge in [0, 0.05) is 36.8 Å². The van der Waals surface area contributed by atoms with Gasteiger partial charge in [-0.05, 0) is 98.2 Å². The molecule has 4 heterocycles. The number of piperidine rings is 1. The van der Waals surface area contributed by atoms with Crippen molar-refractivity contribution in [2.75, 3.05) is 24.5 Å². The van der Waals surface area contributed by atoms with E-state index in [1.165, 1.54) is 37.8 Å². The van der Waals surface area contributed by atoms with Crippen molar-refractivity contribution in [3.8, 4) is 11.5 Å². The largest absolute Gasteiger partial charge is 0.452 e. The van der Waals surface area contributed by atoms with Crippen LogP contribution in [0.1, 0.15) is 81.0 Å². The van der Waals surface area contributed by atoms with Gasteiger partial charge in [0.25, 0.3) is 0 Å². The molecule has 1 saturated carbocycles. The Balaban J connectivity index is 1.01. The third-order valence-electron chi connectivity index (χ3n) is 10.1. The maximum absolute atomic E-state index is 15.9. The summed E-state index contributed by atoms with van der Waals surface area (Å²) in [5.41, 5.74) is 5.70. The molecular formula is C35H41FN4O. The average molecular weight is 553 g/mol. The molecule has 3 fully saturated rings. The fourth-order valence-electron chi connectivity index (χ4n) is 7.81. The lowest BCUT2D eigenvalue weighted by Gasteiger charge is -2.56. The Kier molecular flexibility index (Phi) is 6.77. The molecular weight excluding hydrogens is 511 g/mol. The van der Waals surface area contributed by atoms with Crippen LogP contribution in [-0.4, -0.2) is 40.5 Å². The van der Waals surface area contributed by atoms with Crippen LogP contribution in [0.25, 0.3) is 11.0 Å². The lowest BCUT2D eigenvalue weighted by atomic mass is 9.59. The number of pyridine rings is 1. The normalized spacial score (nSPS) is 21.2. The van der Waals surface area contributed by atoms with Gasteiger partial charge in [0.05, 0.1) is 11.9 Å². The van der Waals surface area contributed by atoms with Crippen molar-refractivity contribution in [3.63, 3.8) is 0 Å². The maximum atomic E-state index is 15.9. The van der Waals surface area contributed by atoms with E-state index in [4.69, 9.17) is 4.74 Å². The van der Waals surface area contributed by atoms with Crippen LogP contribution in [-0.2, 0) is 0 Å². The third kappa shape index (κ3) is 4.80. The summed E-state index contributed by atoms with van der Waals surface area (Å²) in [6.45, 7) is 9.53. The zero-order valence-electron chi connectivity index (χ0n) is 24.5. The standard InChI is InChI=1S/C35H41FN4O/c1-23(2)28-7-4-5-8-29(28)30-9-6-16-40(30)26-20-35(21-26)13-17-39(18-14-35)31-11-10-24(3)33(32(31)36)41-27-19-25-12-15-37-34(25)38-22-27/h4-5,7-8,10-12,15,19,22-23,26,30H,6,9,13-14,16-18,20-21H2,1-3H3,(H,37,38). The number of rotatable bonds is 6. The van der Waals surface area contributed by atoms with Gasteiger partial charge in [-0.15, -0.1) is 0 Å². The minimum absolute atomic E-state index is 0.273. The number of benzene rings is 2. The summed E-state index contributed by atoms with van der Waals surface area (Å²) in [5, 5.41) is 0.946. The van der Waals surface area contributed by atoms with Gasteiger partial charge in [-0.1, -0.05) is 44.2 Å². The minimum Gasteiger partial charge on any atom is -0.452 e. The molecule has 5 nitrogen and oxygen atoms in total. The van der Waals surface area contributed by atoms with Crippen molar-refractivity contribution < 1.29 is 9.13 Å². The summed E-state index contributed by atoms with van der Waals surface area (Å²) in [6, 6.07) is 18.1. The van der Waals surface area contributed by atoms with Gasteiger partial charge in [0.15, 0.2) is 11.6 Å². The van der Waals surface area contributed by atoms with Gasteiger partial charge in [-0.25, -0.2) is 9.37 Å². The van der Waals surface area contributed by atoms with Crippen molar-refractivity contribution >= 4 is 16.7 Å². The van der Waals surface area contributed by atoms with Crippen LogP contribution < -0.4 is 9.64 Å².